The van der Waals surface area contributed by atoms with E-state index in [1.165, 1.54) is 4.90 Å². The first-order valence-electron chi connectivity index (χ1n) is 9.02. The maximum atomic E-state index is 12.6. The topological polar surface area (TPSA) is 94.8 Å². The summed E-state index contributed by atoms with van der Waals surface area (Å²) in [7, 11) is 3.11. The molecule has 2 fully saturated rings. The van der Waals surface area contributed by atoms with Crippen LogP contribution in [0.15, 0.2) is 22.6 Å². The highest BCUT2D eigenvalue weighted by molar-refractivity contribution is 6.05. The summed E-state index contributed by atoms with van der Waals surface area (Å²) in [5, 5.41) is 8.04. The zero-order valence-corrected chi connectivity index (χ0v) is 15.3. The Kier molecular flexibility index (Phi) is 4.55. The molecule has 0 radical (unpaired) electrons. The minimum Gasteiger partial charge on any atom is -0.493 e. The number of aromatic nitrogens is 2. The molecule has 1 aromatic carbocycles. The Labute approximate surface area is 156 Å². The van der Waals surface area contributed by atoms with Crippen LogP contribution in [0.5, 0.6) is 11.5 Å². The second-order valence-electron chi connectivity index (χ2n) is 6.83. The molecule has 1 aliphatic heterocycles. The number of fused-ring (bicyclic) bond motifs is 1. The predicted octanol–water partition coefficient (Wildman–Crippen LogP) is 2.43. The number of imide groups is 1. The van der Waals surface area contributed by atoms with Crippen molar-refractivity contribution in [3.63, 3.8) is 0 Å². The molecule has 2 unspecified atom stereocenters. The van der Waals surface area contributed by atoms with E-state index in [4.69, 9.17) is 13.9 Å². The fraction of sp³-hybridized carbons (Fsp3) is 0.474. The maximum absolute atomic E-state index is 12.6. The fourth-order valence-corrected chi connectivity index (χ4v) is 3.93. The highest BCUT2D eigenvalue weighted by atomic mass is 16.5. The molecule has 1 saturated carbocycles. The average Bonchev–Trinajstić information content (AvgIpc) is 3.27. The molecular formula is C19H21N3O5. The van der Waals surface area contributed by atoms with Crippen molar-refractivity contribution in [2.45, 2.75) is 32.2 Å². The molecule has 2 aliphatic rings. The number of likely N-dealkylation sites (tertiary alicyclic amines) is 1. The van der Waals surface area contributed by atoms with Crippen molar-refractivity contribution < 1.29 is 23.5 Å². The number of hydrogen-bond acceptors (Lipinski definition) is 7. The van der Waals surface area contributed by atoms with Crippen molar-refractivity contribution in [1.29, 1.82) is 0 Å². The molecule has 27 heavy (non-hydrogen) atoms. The Hall–Kier alpha value is -2.90. The highest BCUT2D eigenvalue weighted by Crippen LogP contribution is 2.38. The average molecular weight is 371 g/mol. The standard InChI is InChI=1S/C19H21N3O5/c1-25-14-8-7-11(9-15(14)26-2)17-21-20-16(27-17)10-22-18(23)12-5-3-4-6-13(12)19(22)24/h7-9,12-13H,3-6,10H2,1-2H3. The van der Waals surface area contributed by atoms with Gasteiger partial charge in [0.2, 0.25) is 23.6 Å². The molecule has 1 saturated heterocycles. The van der Waals surface area contributed by atoms with Gasteiger partial charge in [-0.1, -0.05) is 12.8 Å². The number of benzene rings is 1. The van der Waals surface area contributed by atoms with Crippen LogP contribution in [0.2, 0.25) is 0 Å². The van der Waals surface area contributed by atoms with E-state index < -0.39 is 0 Å². The number of ether oxygens (including phenoxy) is 2. The van der Waals surface area contributed by atoms with Crippen LogP contribution in [0, 0.1) is 11.8 Å². The smallest absolute Gasteiger partial charge is 0.247 e. The van der Waals surface area contributed by atoms with Gasteiger partial charge in [-0.3, -0.25) is 14.5 Å². The zero-order valence-electron chi connectivity index (χ0n) is 15.3. The van der Waals surface area contributed by atoms with E-state index in [-0.39, 0.29) is 36.1 Å². The number of rotatable bonds is 5. The van der Waals surface area contributed by atoms with E-state index in [0.717, 1.165) is 25.7 Å². The number of hydrogen-bond donors (Lipinski definition) is 0. The van der Waals surface area contributed by atoms with Crippen LogP contribution < -0.4 is 9.47 Å². The molecule has 2 atom stereocenters. The summed E-state index contributed by atoms with van der Waals surface area (Å²) in [5.41, 5.74) is 0.666. The molecule has 2 amide bonds. The van der Waals surface area contributed by atoms with Gasteiger partial charge in [-0.2, -0.15) is 0 Å². The third kappa shape index (κ3) is 3.05. The molecule has 1 aromatic heterocycles. The molecule has 2 aromatic rings. The molecule has 0 bridgehead atoms. The van der Waals surface area contributed by atoms with Crippen molar-refractivity contribution >= 4 is 11.8 Å². The second kappa shape index (κ2) is 7.02. The Bertz CT molecular complexity index is 854. The van der Waals surface area contributed by atoms with Gasteiger partial charge in [0, 0.05) is 5.56 Å². The van der Waals surface area contributed by atoms with Crippen molar-refractivity contribution in [2.24, 2.45) is 11.8 Å². The SMILES string of the molecule is COc1ccc(-c2nnc(CN3C(=O)C4CCCCC4C3=O)o2)cc1OC. The van der Waals surface area contributed by atoms with E-state index in [1.807, 2.05) is 0 Å². The number of nitrogens with zero attached hydrogens (tertiary/aromatic N) is 3. The lowest BCUT2D eigenvalue weighted by Gasteiger charge is -2.19. The summed E-state index contributed by atoms with van der Waals surface area (Å²) in [4.78, 5) is 26.4. The van der Waals surface area contributed by atoms with Gasteiger partial charge >= 0.3 is 0 Å². The van der Waals surface area contributed by atoms with E-state index in [0.29, 0.717) is 23.0 Å². The Morgan fingerprint density at radius 1 is 1.04 bits per heavy atom. The predicted molar refractivity (Wildman–Crippen MR) is 93.8 cm³/mol. The maximum Gasteiger partial charge on any atom is 0.247 e. The van der Waals surface area contributed by atoms with Gasteiger partial charge in [-0.15, -0.1) is 10.2 Å². The van der Waals surface area contributed by atoms with Gasteiger partial charge in [0.05, 0.1) is 26.1 Å². The molecule has 142 valence electrons. The van der Waals surface area contributed by atoms with Gasteiger partial charge < -0.3 is 13.9 Å². The van der Waals surface area contributed by atoms with Crippen LogP contribution >= 0.6 is 0 Å². The normalized spacial score (nSPS) is 22.1. The summed E-state index contributed by atoms with van der Waals surface area (Å²) >= 11 is 0. The van der Waals surface area contributed by atoms with Gasteiger partial charge in [0.1, 0.15) is 6.54 Å². The quantitative estimate of drug-likeness (QED) is 0.745. The van der Waals surface area contributed by atoms with Crippen LogP contribution in [0.1, 0.15) is 31.6 Å². The number of methoxy groups -OCH3 is 2. The van der Waals surface area contributed by atoms with Gasteiger partial charge in [0.25, 0.3) is 0 Å². The number of amides is 2. The first-order valence-corrected chi connectivity index (χ1v) is 9.02. The van der Waals surface area contributed by atoms with E-state index in [1.54, 1.807) is 32.4 Å². The fourth-order valence-electron chi connectivity index (χ4n) is 3.93. The molecule has 8 heteroatoms. The number of carbonyl (C=O) groups is 2. The molecule has 0 spiro atoms. The molecule has 1 aliphatic carbocycles. The zero-order chi connectivity index (χ0) is 19.0. The monoisotopic (exact) mass is 371 g/mol. The minimum atomic E-state index is -0.181. The first kappa shape index (κ1) is 17.5. The van der Waals surface area contributed by atoms with Crippen molar-refractivity contribution in [3.8, 4) is 23.0 Å². The van der Waals surface area contributed by atoms with E-state index in [2.05, 4.69) is 10.2 Å². The van der Waals surface area contributed by atoms with Gasteiger partial charge in [-0.05, 0) is 31.0 Å². The minimum absolute atomic E-state index is 0.0188. The van der Waals surface area contributed by atoms with E-state index in [9.17, 15) is 9.59 Å². The third-order valence-electron chi connectivity index (χ3n) is 5.32. The lowest BCUT2D eigenvalue weighted by Crippen LogP contribution is -2.30. The van der Waals surface area contributed by atoms with Crippen LogP contribution in [0.25, 0.3) is 11.5 Å². The van der Waals surface area contributed by atoms with Crippen LogP contribution in [-0.2, 0) is 16.1 Å². The summed E-state index contributed by atoms with van der Waals surface area (Å²) in [5.74, 6) is 1.08. The summed E-state index contributed by atoms with van der Waals surface area (Å²) in [6.45, 7) is 0.0188. The van der Waals surface area contributed by atoms with Crippen molar-refractivity contribution in [1.82, 2.24) is 15.1 Å². The molecule has 2 heterocycles. The van der Waals surface area contributed by atoms with Crippen LogP contribution in [0.3, 0.4) is 0 Å². The van der Waals surface area contributed by atoms with Gasteiger partial charge in [0.15, 0.2) is 11.5 Å². The van der Waals surface area contributed by atoms with Gasteiger partial charge in [-0.25, -0.2) is 0 Å². The Balaban J connectivity index is 1.53. The lowest BCUT2D eigenvalue weighted by atomic mass is 9.81. The molecular weight excluding hydrogens is 350 g/mol. The largest absolute Gasteiger partial charge is 0.493 e. The second-order valence-corrected chi connectivity index (χ2v) is 6.83. The van der Waals surface area contributed by atoms with E-state index >= 15 is 0 Å². The van der Waals surface area contributed by atoms with Crippen LogP contribution in [-0.4, -0.2) is 41.1 Å². The highest BCUT2D eigenvalue weighted by Gasteiger charge is 2.48. The third-order valence-corrected chi connectivity index (χ3v) is 5.32. The number of carbonyl (C=O) groups excluding carboxylic acids is 2. The summed E-state index contributed by atoms with van der Waals surface area (Å²) in [6, 6.07) is 5.26. The summed E-state index contributed by atoms with van der Waals surface area (Å²) in [6.07, 6.45) is 3.56. The Morgan fingerprint density at radius 3 is 2.33 bits per heavy atom. The first-order chi connectivity index (χ1) is 13.1. The molecule has 4 rings (SSSR count). The molecule has 0 N–H and O–H groups in total. The van der Waals surface area contributed by atoms with Crippen molar-refractivity contribution in [3.05, 3.63) is 24.1 Å². The molecule has 8 nitrogen and oxygen atoms in total. The van der Waals surface area contributed by atoms with Crippen LogP contribution in [0.4, 0.5) is 0 Å². The Morgan fingerprint density at radius 2 is 1.70 bits per heavy atom. The van der Waals surface area contributed by atoms with Crippen molar-refractivity contribution in [2.75, 3.05) is 14.2 Å². The summed E-state index contributed by atoms with van der Waals surface area (Å²) < 4.78 is 16.2. The lowest BCUT2D eigenvalue weighted by molar-refractivity contribution is -0.141.